The minimum Gasteiger partial charge on any atom is -0.508 e. The smallest absolute Gasteiger partial charge is 0.204 e. The fourth-order valence-electron chi connectivity index (χ4n) is 3.75. The third-order valence-corrected chi connectivity index (χ3v) is 5.35. The second-order valence-corrected chi connectivity index (χ2v) is 8.35. The van der Waals surface area contributed by atoms with Crippen LogP contribution in [-0.2, 0) is 12.8 Å². The van der Waals surface area contributed by atoms with Gasteiger partial charge in [-0.2, -0.15) is 0 Å². The van der Waals surface area contributed by atoms with Gasteiger partial charge < -0.3 is 29.6 Å². The molecule has 3 aromatic rings. The molecule has 4 N–H and O–H groups in total. The van der Waals surface area contributed by atoms with Crippen molar-refractivity contribution in [2.75, 3.05) is 7.11 Å². The van der Waals surface area contributed by atoms with Crippen LogP contribution in [-0.4, -0.2) is 27.5 Å². The highest BCUT2D eigenvalue weighted by Crippen LogP contribution is 2.48. The van der Waals surface area contributed by atoms with E-state index in [4.69, 9.17) is 9.15 Å². The van der Waals surface area contributed by atoms with Gasteiger partial charge in [0.15, 0.2) is 11.5 Å². The largest absolute Gasteiger partial charge is 0.508 e. The average Bonchev–Trinajstić information content (AvgIpc) is 2.73. The van der Waals surface area contributed by atoms with Crippen molar-refractivity contribution < 1.29 is 29.6 Å². The van der Waals surface area contributed by atoms with E-state index in [-0.39, 0.29) is 34.5 Å². The number of rotatable bonds is 6. The Kier molecular flexibility index (Phi) is 6.72. The number of methoxy groups -OCH3 is 1. The highest BCUT2D eigenvalue weighted by molar-refractivity contribution is 5.90. The molecular weight excluding hydrogens is 424 g/mol. The lowest BCUT2D eigenvalue weighted by Gasteiger charge is -2.20. The lowest BCUT2D eigenvalue weighted by atomic mass is 9.88. The molecule has 7 nitrogen and oxygen atoms in total. The fraction of sp³-hybridized carbons (Fsp3) is 0.269. The molecule has 1 heterocycles. The van der Waals surface area contributed by atoms with Gasteiger partial charge >= 0.3 is 0 Å². The van der Waals surface area contributed by atoms with E-state index in [9.17, 15) is 25.2 Å². The van der Waals surface area contributed by atoms with E-state index in [1.54, 1.807) is 0 Å². The zero-order chi connectivity index (χ0) is 24.4. The fourth-order valence-corrected chi connectivity index (χ4v) is 3.75. The lowest BCUT2D eigenvalue weighted by Crippen LogP contribution is -2.10. The number of benzene rings is 2. The molecule has 0 spiro atoms. The molecule has 0 bridgehead atoms. The number of hydrogen-bond acceptors (Lipinski definition) is 7. The second-order valence-electron chi connectivity index (χ2n) is 8.35. The number of phenols is 4. The molecular formula is C26H28O7. The molecule has 0 aliphatic rings. The number of phenolic OH excluding ortho intramolecular Hbond substituents is 4. The number of aromatic hydroxyl groups is 4. The molecule has 7 heteroatoms. The number of allylic oxidation sites excluding steroid dienone is 4. The summed E-state index contributed by atoms with van der Waals surface area (Å²) in [6.07, 6.45) is 5.57. The van der Waals surface area contributed by atoms with E-state index in [2.05, 4.69) is 0 Å². The van der Waals surface area contributed by atoms with Gasteiger partial charge in [-0.15, -0.1) is 0 Å². The molecule has 0 atom stereocenters. The minimum atomic E-state index is -0.544. The highest BCUT2D eigenvalue weighted by Gasteiger charge is 2.27. The molecule has 2 aromatic carbocycles. The summed E-state index contributed by atoms with van der Waals surface area (Å²) >= 11 is 0. The monoisotopic (exact) mass is 452 g/mol. The van der Waals surface area contributed by atoms with E-state index >= 15 is 0 Å². The molecule has 0 saturated carbocycles. The number of ether oxygens (including phenoxy) is 1. The number of hydrogen-bond donors (Lipinski definition) is 4. The minimum absolute atomic E-state index is 0.0212. The Morgan fingerprint density at radius 3 is 2.12 bits per heavy atom. The van der Waals surface area contributed by atoms with Gasteiger partial charge in [0.1, 0.15) is 28.7 Å². The molecule has 0 aliphatic heterocycles. The molecule has 0 aliphatic carbocycles. The van der Waals surface area contributed by atoms with E-state index in [0.29, 0.717) is 23.1 Å². The van der Waals surface area contributed by atoms with Gasteiger partial charge in [0.25, 0.3) is 0 Å². The van der Waals surface area contributed by atoms with E-state index in [1.165, 1.54) is 19.4 Å². The first-order valence-corrected chi connectivity index (χ1v) is 10.4. The Balaban J connectivity index is 2.50. The first kappa shape index (κ1) is 23.8. The first-order chi connectivity index (χ1) is 15.6. The molecule has 33 heavy (non-hydrogen) atoms. The van der Waals surface area contributed by atoms with Gasteiger partial charge in [0, 0.05) is 28.8 Å². The molecule has 0 fully saturated rings. The van der Waals surface area contributed by atoms with Gasteiger partial charge in [0.2, 0.25) is 11.2 Å². The third kappa shape index (κ3) is 4.53. The molecule has 0 saturated heterocycles. The average molecular weight is 453 g/mol. The molecule has 174 valence electrons. The van der Waals surface area contributed by atoms with Gasteiger partial charge in [-0.25, -0.2) is 0 Å². The normalized spacial score (nSPS) is 10.8. The van der Waals surface area contributed by atoms with Crippen LogP contribution >= 0.6 is 0 Å². The van der Waals surface area contributed by atoms with E-state index in [0.717, 1.165) is 17.2 Å². The summed E-state index contributed by atoms with van der Waals surface area (Å²) in [4.78, 5) is 13.5. The Morgan fingerprint density at radius 1 is 0.939 bits per heavy atom. The summed E-state index contributed by atoms with van der Waals surface area (Å²) < 4.78 is 11.0. The van der Waals surface area contributed by atoms with Crippen LogP contribution in [0, 0.1) is 0 Å². The Bertz CT molecular complexity index is 1340. The maximum absolute atomic E-state index is 13.5. The van der Waals surface area contributed by atoms with Crippen molar-refractivity contribution in [3.05, 3.63) is 63.0 Å². The summed E-state index contributed by atoms with van der Waals surface area (Å²) in [5.74, 6) is -1.42. The van der Waals surface area contributed by atoms with Gasteiger partial charge in [-0.3, -0.25) is 4.79 Å². The Labute approximate surface area is 191 Å². The Hall–Kier alpha value is -3.87. The highest BCUT2D eigenvalue weighted by atomic mass is 16.5. The first-order valence-electron chi connectivity index (χ1n) is 10.4. The topological polar surface area (TPSA) is 120 Å². The quantitative estimate of drug-likeness (QED) is 0.295. The predicted octanol–water partition coefficient (Wildman–Crippen LogP) is 5.31. The predicted molar refractivity (Wildman–Crippen MR) is 127 cm³/mol. The zero-order valence-corrected chi connectivity index (χ0v) is 19.3. The Morgan fingerprint density at radius 2 is 1.55 bits per heavy atom. The van der Waals surface area contributed by atoms with Crippen molar-refractivity contribution in [2.24, 2.45) is 0 Å². The van der Waals surface area contributed by atoms with Crippen LogP contribution in [0.3, 0.4) is 0 Å². The molecule has 0 radical (unpaired) electrons. The standard InChI is InChI=1S/C26H28O7/c1-13(2)6-8-16-21(17(9-7-14(3)4)26(32-5)25(31)24(16)30)18-12-33-20-11-15(27)10-19(28)22(20)23(18)29/h6-7,10-12,27-28,30-31H,8-9H2,1-5H3. The maximum atomic E-state index is 13.5. The van der Waals surface area contributed by atoms with Crippen molar-refractivity contribution in [3.63, 3.8) is 0 Å². The third-order valence-electron chi connectivity index (χ3n) is 5.35. The summed E-state index contributed by atoms with van der Waals surface area (Å²) in [5.41, 5.74) is 2.75. The summed E-state index contributed by atoms with van der Waals surface area (Å²) in [6, 6.07) is 2.30. The van der Waals surface area contributed by atoms with E-state index in [1.807, 2.05) is 39.8 Å². The van der Waals surface area contributed by atoms with Crippen molar-refractivity contribution in [1.29, 1.82) is 0 Å². The molecule has 0 amide bonds. The van der Waals surface area contributed by atoms with Crippen molar-refractivity contribution >= 4 is 11.0 Å². The van der Waals surface area contributed by atoms with Crippen LogP contribution in [0.5, 0.6) is 28.7 Å². The zero-order valence-electron chi connectivity index (χ0n) is 19.3. The van der Waals surface area contributed by atoms with Crippen LogP contribution in [0.15, 0.2) is 50.9 Å². The van der Waals surface area contributed by atoms with Crippen LogP contribution in [0.25, 0.3) is 22.1 Å². The van der Waals surface area contributed by atoms with Gasteiger partial charge in [-0.05, 0) is 40.5 Å². The van der Waals surface area contributed by atoms with Crippen LogP contribution < -0.4 is 10.2 Å². The van der Waals surface area contributed by atoms with Crippen molar-refractivity contribution in [3.8, 4) is 39.9 Å². The summed E-state index contributed by atoms with van der Waals surface area (Å²) in [5, 5.41) is 41.5. The lowest BCUT2D eigenvalue weighted by molar-refractivity contribution is 0.347. The maximum Gasteiger partial charge on any atom is 0.204 e. The molecule has 0 unspecified atom stereocenters. The van der Waals surface area contributed by atoms with Crippen LogP contribution in [0.4, 0.5) is 0 Å². The summed E-state index contributed by atoms with van der Waals surface area (Å²) in [6.45, 7) is 7.65. The molecule has 1 aromatic heterocycles. The van der Waals surface area contributed by atoms with Crippen LogP contribution in [0.2, 0.25) is 0 Å². The van der Waals surface area contributed by atoms with E-state index < -0.39 is 22.7 Å². The van der Waals surface area contributed by atoms with Crippen molar-refractivity contribution in [2.45, 2.75) is 40.5 Å². The van der Waals surface area contributed by atoms with Crippen LogP contribution in [0.1, 0.15) is 38.8 Å². The summed E-state index contributed by atoms with van der Waals surface area (Å²) in [7, 11) is 1.37. The molecule has 3 rings (SSSR count). The van der Waals surface area contributed by atoms with Crippen molar-refractivity contribution in [1.82, 2.24) is 0 Å². The SMILES string of the molecule is COc1c(O)c(O)c(CC=C(C)C)c(-c2coc3cc(O)cc(O)c3c2=O)c1CC=C(C)C. The van der Waals surface area contributed by atoms with Gasteiger partial charge in [-0.1, -0.05) is 23.3 Å². The second kappa shape index (κ2) is 9.32. The number of fused-ring (bicyclic) bond motifs is 1. The van der Waals surface area contributed by atoms with Gasteiger partial charge in [0.05, 0.1) is 12.7 Å².